The van der Waals surface area contributed by atoms with Gasteiger partial charge in [-0.15, -0.1) is 12.4 Å². The second kappa shape index (κ2) is 16.9. The molecule has 0 amide bonds. The highest BCUT2D eigenvalue weighted by molar-refractivity contribution is 5.85. The smallest absolute Gasteiger partial charge is 0.0135 e. The lowest BCUT2D eigenvalue weighted by atomic mass is 9.98. The van der Waals surface area contributed by atoms with E-state index in [4.69, 9.17) is 0 Å². The lowest BCUT2D eigenvalue weighted by Gasteiger charge is -2.30. The Labute approximate surface area is 164 Å². The monoisotopic (exact) mass is 367 g/mol. The predicted molar refractivity (Wildman–Crippen MR) is 116 cm³/mol. The molecule has 0 aliphatic heterocycles. The molecule has 0 aromatic heterocycles. The Balaban J connectivity index is 0.00000576. The lowest BCUT2D eigenvalue weighted by Crippen LogP contribution is -2.36. The van der Waals surface area contributed by atoms with Crippen LogP contribution < -0.4 is 0 Å². The van der Waals surface area contributed by atoms with Gasteiger partial charge in [0.1, 0.15) is 0 Å². The van der Waals surface area contributed by atoms with Gasteiger partial charge in [-0.05, 0) is 31.5 Å². The molecule has 0 aliphatic carbocycles. The molecule has 0 aliphatic rings. The van der Waals surface area contributed by atoms with Crippen molar-refractivity contribution in [1.82, 2.24) is 4.90 Å². The van der Waals surface area contributed by atoms with Crippen molar-refractivity contribution in [1.29, 1.82) is 0 Å². The van der Waals surface area contributed by atoms with Gasteiger partial charge < -0.3 is 4.90 Å². The van der Waals surface area contributed by atoms with Crippen LogP contribution in [0.25, 0.3) is 0 Å². The molecule has 0 fully saturated rings. The summed E-state index contributed by atoms with van der Waals surface area (Å²) < 4.78 is 0. The van der Waals surface area contributed by atoms with Crippen LogP contribution in [0.1, 0.15) is 90.5 Å². The second-order valence-electron chi connectivity index (χ2n) is 7.18. The normalized spacial score (nSPS) is 12.2. The molecular formula is C23H42ClN. The average molecular weight is 368 g/mol. The van der Waals surface area contributed by atoms with Crippen LogP contribution in [0.15, 0.2) is 30.3 Å². The van der Waals surface area contributed by atoms with Crippen molar-refractivity contribution < 1.29 is 0 Å². The van der Waals surface area contributed by atoms with Crippen molar-refractivity contribution in [2.24, 2.45) is 0 Å². The van der Waals surface area contributed by atoms with Crippen LogP contribution >= 0.6 is 12.4 Å². The molecule has 1 unspecified atom stereocenters. The van der Waals surface area contributed by atoms with Gasteiger partial charge in [-0.2, -0.15) is 0 Å². The first kappa shape index (κ1) is 24.5. The fraction of sp³-hybridized carbons (Fsp3) is 0.739. The molecule has 0 bridgehead atoms. The van der Waals surface area contributed by atoms with Gasteiger partial charge in [0.15, 0.2) is 0 Å². The van der Waals surface area contributed by atoms with Crippen LogP contribution in [0, 0.1) is 0 Å². The van der Waals surface area contributed by atoms with Crippen LogP contribution in [0.3, 0.4) is 0 Å². The minimum atomic E-state index is 0. The number of hydrogen-bond acceptors (Lipinski definition) is 1. The molecule has 1 nitrogen and oxygen atoms in total. The summed E-state index contributed by atoms with van der Waals surface area (Å²) in [5.74, 6) is 0. The van der Waals surface area contributed by atoms with Crippen LogP contribution in [0.4, 0.5) is 0 Å². The van der Waals surface area contributed by atoms with Crippen LogP contribution in [0.2, 0.25) is 0 Å². The van der Waals surface area contributed by atoms with Crippen molar-refractivity contribution in [2.45, 2.75) is 97.4 Å². The summed E-state index contributed by atoms with van der Waals surface area (Å²) in [6, 6.07) is 11.8. The van der Waals surface area contributed by atoms with E-state index in [2.05, 4.69) is 56.0 Å². The van der Waals surface area contributed by atoms with Gasteiger partial charge >= 0.3 is 0 Å². The first-order valence-electron chi connectivity index (χ1n) is 10.6. The van der Waals surface area contributed by atoms with Crippen molar-refractivity contribution in [2.75, 3.05) is 13.1 Å². The maximum Gasteiger partial charge on any atom is 0.0135 e. The highest BCUT2D eigenvalue weighted by Gasteiger charge is 2.15. The number of rotatable bonds is 15. The summed E-state index contributed by atoms with van der Waals surface area (Å²) in [6.07, 6.45) is 15.4. The van der Waals surface area contributed by atoms with Gasteiger partial charge in [-0.3, -0.25) is 0 Å². The number of unbranched alkanes of at least 4 members (excludes halogenated alkanes) is 8. The maximum atomic E-state index is 2.65. The highest BCUT2D eigenvalue weighted by Crippen LogP contribution is 2.17. The van der Waals surface area contributed by atoms with E-state index in [0.29, 0.717) is 6.04 Å². The van der Waals surface area contributed by atoms with Crippen molar-refractivity contribution in [3.8, 4) is 0 Å². The third kappa shape index (κ3) is 11.7. The van der Waals surface area contributed by atoms with E-state index in [1.54, 1.807) is 0 Å². The molecule has 25 heavy (non-hydrogen) atoms. The predicted octanol–water partition coefficient (Wildman–Crippen LogP) is 7.28. The largest absolute Gasteiger partial charge is 0.301 e. The topological polar surface area (TPSA) is 3.24 Å². The van der Waals surface area contributed by atoms with E-state index < -0.39 is 0 Å². The Morgan fingerprint density at radius 1 is 0.720 bits per heavy atom. The van der Waals surface area contributed by atoms with E-state index >= 15 is 0 Å². The summed E-state index contributed by atoms with van der Waals surface area (Å²) in [7, 11) is 0. The van der Waals surface area contributed by atoms with Gasteiger partial charge in [0.25, 0.3) is 0 Å². The molecule has 0 radical (unpaired) electrons. The fourth-order valence-electron chi connectivity index (χ4n) is 3.73. The van der Waals surface area contributed by atoms with E-state index in [1.807, 2.05) is 0 Å². The van der Waals surface area contributed by atoms with E-state index in [-0.39, 0.29) is 12.4 Å². The van der Waals surface area contributed by atoms with Crippen LogP contribution in [-0.4, -0.2) is 24.0 Å². The Morgan fingerprint density at radius 3 is 1.76 bits per heavy atom. The summed E-state index contributed by atoms with van der Waals surface area (Å²) in [6.45, 7) is 9.24. The van der Waals surface area contributed by atoms with Crippen molar-refractivity contribution in [3.05, 3.63) is 35.9 Å². The lowest BCUT2D eigenvalue weighted by molar-refractivity contribution is 0.200. The Bertz CT molecular complexity index is 375. The molecule has 0 heterocycles. The molecule has 2 heteroatoms. The third-order valence-corrected chi connectivity index (χ3v) is 5.28. The molecule has 1 aromatic rings. The molecule has 1 atom stereocenters. The zero-order valence-electron chi connectivity index (χ0n) is 17.0. The number of likely N-dealkylation sites (N-methyl/N-ethyl adjacent to an activating group) is 1. The summed E-state index contributed by atoms with van der Waals surface area (Å²) in [5.41, 5.74) is 1.49. The summed E-state index contributed by atoms with van der Waals surface area (Å²) >= 11 is 0. The third-order valence-electron chi connectivity index (χ3n) is 5.28. The first-order valence-corrected chi connectivity index (χ1v) is 10.6. The number of benzene rings is 1. The second-order valence-corrected chi connectivity index (χ2v) is 7.18. The Kier molecular flexibility index (Phi) is 16.6. The van der Waals surface area contributed by atoms with E-state index in [0.717, 1.165) is 0 Å². The SMILES string of the molecule is CCCCCCCCCCCC(Cc1ccccc1)N(CC)CC.Cl. The molecule has 1 rings (SSSR count). The number of nitrogens with zero attached hydrogens (tertiary/aromatic N) is 1. The molecule has 0 N–H and O–H groups in total. The highest BCUT2D eigenvalue weighted by atomic mass is 35.5. The van der Waals surface area contributed by atoms with Gasteiger partial charge in [0.2, 0.25) is 0 Å². The van der Waals surface area contributed by atoms with Gasteiger partial charge in [-0.25, -0.2) is 0 Å². The molecule has 1 aromatic carbocycles. The Morgan fingerprint density at radius 2 is 1.24 bits per heavy atom. The molecular weight excluding hydrogens is 326 g/mol. The Hall–Kier alpha value is -0.530. The molecule has 0 saturated heterocycles. The quantitative estimate of drug-likeness (QED) is 0.294. The summed E-state index contributed by atoms with van der Waals surface area (Å²) in [5, 5.41) is 0. The van der Waals surface area contributed by atoms with Crippen molar-refractivity contribution >= 4 is 12.4 Å². The zero-order chi connectivity index (χ0) is 17.5. The minimum absolute atomic E-state index is 0. The van der Waals surface area contributed by atoms with E-state index in [9.17, 15) is 0 Å². The van der Waals surface area contributed by atoms with Crippen LogP contribution in [0.5, 0.6) is 0 Å². The van der Waals surface area contributed by atoms with Crippen LogP contribution in [-0.2, 0) is 6.42 Å². The maximum absolute atomic E-state index is 2.65. The average Bonchev–Trinajstić information content (AvgIpc) is 2.62. The van der Waals surface area contributed by atoms with Gasteiger partial charge in [0, 0.05) is 6.04 Å². The van der Waals surface area contributed by atoms with Gasteiger partial charge in [-0.1, -0.05) is 109 Å². The molecule has 146 valence electrons. The zero-order valence-corrected chi connectivity index (χ0v) is 17.8. The van der Waals surface area contributed by atoms with Crippen molar-refractivity contribution in [3.63, 3.8) is 0 Å². The minimum Gasteiger partial charge on any atom is -0.301 e. The molecule has 0 spiro atoms. The first-order chi connectivity index (χ1) is 11.8. The number of hydrogen-bond donors (Lipinski definition) is 0. The van der Waals surface area contributed by atoms with E-state index in [1.165, 1.54) is 89.3 Å². The molecule has 0 saturated carbocycles. The van der Waals surface area contributed by atoms with Gasteiger partial charge in [0.05, 0.1) is 0 Å². The number of halogens is 1. The fourth-order valence-corrected chi connectivity index (χ4v) is 3.73. The standard InChI is InChI=1S/C23H41N.ClH/c1-4-7-8-9-10-11-12-13-17-20-23(24(5-2)6-3)21-22-18-15-14-16-19-22;/h14-16,18-19,23H,4-13,17,20-21H2,1-3H3;1H. The summed E-state index contributed by atoms with van der Waals surface area (Å²) in [4.78, 5) is 2.65.